The van der Waals surface area contributed by atoms with Gasteiger partial charge >= 0.3 is 0 Å². The van der Waals surface area contributed by atoms with E-state index in [-0.39, 0.29) is 5.92 Å². The van der Waals surface area contributed by atoms with Gasteiger partial charge < -0.3 is 19.6 Å². The van der Waals surface area contributed by atoms with E-state index in [1.807, 2.05) is 0 Å². The molecule has 14 rings (SSSR count). The summed E-state index contributed by atoms with van der Waals surface area (Å²) in [6.07, 6.45) is 7.94. The minimum atomic E-state index is 0.283. The molecule has 0 radical (unpaired) electrons. The average Bonchev–Trinajstić information content (AvgIpc) is 3.17. The Morgan fingerprint density at radius 3 is 0.742 bits per heavy atom. The molecular formula is C85H66N4. The second-order valence-corrected chi connectivity index (χ2v) is 22.6. The summed E-state index contributed by atoms with van der Waals surface area (Å²) in [4.78, 5) is 9.33. The summed E-state index contributed by atoms with van der Waals surface area (Å²) < 4.78 is 0. The topological polar surface area (TPSA) is 13.0 Å². The first-order valence-electron chi connectivity index (χ1n) is 30.7. The van der Waals surface area contributed by atoms with Crippen molar-refractivity contribution in [2.45, 2.75) is 19.3 Å². The number of benzene rings is 13. The van der Waals surface area contributed by atoms with E-state index in [0.29, 0.717) is 0 Å². The number of hydrogen-bond acceptors (Lipinski definition) is 4. The van der Waals surface area contributed by atoms with E-state index in [9.17, 15) is 0 Å². The molecule has 1 atom stereocenters. The molecule has 89 heavy (non-hydrogen) atoms. The van der Waals surface area contributed by atoms with Crippen LogP contribution < -0.4 is 19.6 Å². The van der Waals surface area contributed by atoms with E-state index < -0.39 is 0 Å². The number of allylic oxidation sites excluding steroid dienone is 3. The van der Waals surface area contributed by atoms with Crippen molar-refractivity contribution >= 4 is 62.6 Å². The smallest absolute Gasteiger partial charge is 0.0462 e. The molecule has 1 aliphatic rings. The van der Waals surface area contributed by atoms with Crippen molar-refractivity contribution in [3.8, 4) is 44.5 Å². The minimum absolute atomic E-state index is 0.283. The maximum absolute atomic E-state index is 2.38. The fourth-order valence-corrected chi connectivity index (χ4v) is 12.2. The van der Waals surface area contributed by atoms with E-state index in [2.05, 4.69) is 391 Å². The zero-order chi connectivity index (χ0) is 59.7. The molecule has 0 fully saturated rings. The molecule has 4 nitrogen and oxygen atoms in total. The third kappa shape index (κ3) is 12.2. The fraction of sp³-hybridized carbons (Fsp3) is 0.0353. The van der Waals surface area contributed by atoms with Crippen molar-refractivity contribution in [1.29, 1.82) is 0 Å². The second-order valence-electron chi connectivity index (χ2n) is 22.6. The van der Waals surface area contributed by atoms with Crippen LogP contribution in [0.5, 0.6) is 0 Å². The van der Waals surface area contributed by atoms with Crippen LogP contribution in [-0.2, 0) is 0 Å². The molecule has 0 saturated carbocycles. The van der Waals surface area contributed by atoms with Gasteiger partial charge in [0.15, 0.2) is 0 Å². The van der Waals surface area contributed by atoms with Gasteiger partial charge in [-0.1, -0.05) is 230 Å². The van der Waals surface area contributed by atoms with E-state index in [1.165, 1.54) is 44.6 Å². The quantitative estimate of drug-likeness (QED) is 0.0901. The molecule has 0 saturated heterocycles. The third-order valence-electron chi connectivity index (χ3n) is 16.9. The van der Waals surface area contributed by atoms with Gasteiger partial charge in [0.1, 0.15) is 0 Å². The Kier molecular flexibility index (Phi) is 16.0. The van der Waals surface area contributed by atoms with E-state index in [4.69, 9.17) is 0 Å². The van der Waals surface area contributed by atoms with Crippen LogP contribution in [0.3, 0.4) is 0 Å². The molecule has 0 aliphatic heterocycles. The average molecular weight is 1140 g/mol. The van der Waals surface area contributed by atoms with Crippen LogP contribution in [0.15, 0.2) is 370 Å². The first kappa shape index (κ1) is 55.4. The summed E-state index contributed by atoms with van der Waals surface area (Å²) in [6.45, 7) is 2.14. The van der Waals surface area contributed by atoms with Crippen LogP contribution >= 0.6 is 0 Å². The predicted molar refractivity (Wildman–Crippen MR) is 377 cm³/mol. The van der Waals surface area contributed by atoms with Gasteiger partial charge in [-0.15, -0.1) is 0 Å². The van der Waals surface area contributed by atoms with Crippen molar-refractivity contribution in [2.24, 2.45) is 0 Å². The summed E-state index contributed by atoms with van der Waals surface area (Å²) >= 11 is 0. The molecular weight excluding hydrogens is 1080 g/mol. The van der Waals surface area contributed by atoms with Crippen LogP contribution in [0.4, 0.5) is 62.6 Å². The van der Waals surface area contributed by atoms with Crippen molar-refractivity contribution in [2.75, 3.05) is 19.6 Å². The normalized spacial score (nSPS) is 12.6. The molecule has 0 aromatic heterocycles. The van der Waals surface area contributed by atoms with Gasteiger partial charge in [0.05, 0.1) is 0 Å². The zero-order valence-electron chi connectivity index (χ0n) is 49.7. The summed E-state index contributed by atoms with van der Waals surface area (Å²) in [7, 11) is 0. The van der Waals surface area contributed by atoms with E-state index in [1.54, 1.807) is 0 Å². The first-order valence-corrected chi connectivity index (χ1v) is 30.7. The highest BCUT2D eigenvalue weighted by Gasteiger charge is 2.21. The highest BCUT2D eigenvalue weighted by atomic mass is 15.2. The van der Waals surface area contributed by atoms with Gasteiger partial charge in [0.2, 0.25) is 0 Å². The molecule has 0 amide bonds. The monoisotopic (exact) mass is 1140 g/mol. The zero-order valence-corrected chi connectivity index (χ0v) is 49.7. The van der Waals surface area contributed by atoms with Crippen molar-refractivity contribution in [3.63, 3.8) is 0 Å². The molecule has 1 unspecified atom stereocenters. The lowest BCUT2D eigenvalue weighted by atomic mass is 9.91. The van der Waals surface area contributed by atoms with E-state index >= 15 is 0 Å². The number of nitrogens with zero attached hydrogens (tertiary/aromatic N) is 4. The van der Waals surface area contributed by atoms with Gasteiger partial charge in [-0.3, -0.25) is 0 Å². The lowest BCUT2D eigenvalue weighted by molar-refractivity contribution is 0.840. The predicted octanol–water partition coefficient (Wildman–Crippen LogP) is 23.8. The van der Waals surface area contributed by atoms with Crippen molar-refractivity contribution < 1.29 is 0 Å². The molecule has 0 heterocycles. The van der Waals surface area contributed by atoms with Gasteiger partial charge in [-0.05, 0) is 203 Å². The Morgan fingerprint density at radius 2 is 0.449 bits per heavy atom. The van der Waals surface area contributed by atoms with Crippen molar-refractivity contribution in [1.82, 2.24) is 0 Å². The highest BCUT2D eigenvalue weighted by molar-refractivity contribution is 5.84. The number of para-hydroxylation sites is 4. The molecule has 4 heteroatoms. The van der Waals surface area contributed by atoms with E-state index in [0.717, 1.165) is 85.7 Å². The Bertz CT molecular complexity index is 4480. The lowest BCUT2D eigenvalue weighted by Crippen LogP contribution is -2.17. The van der Waals surface area contributed by atoms with Crippen LogP contribution in [0, 0.1) is 6.92 Å². The van der Waals surface area contributed by atoms with Crippen LogP contribution in [-0.4, -0.2) is 0 Å². The lowest BCUT2D eigenvalue weighted by Gasteiger charge is -2.29. The molecule has 1 aliphatic carbocycles. The van der Waals surface area contributed by atoms with Gasteiger partial charge in [0.25, 0.3) is 0 Å². The summed E-state index contributed by atoms with van der Waals surface area (Å²) in [5.74, 6) is 0.283. The maximum atomic E-state index is 2.38. The fourth-order valence-electron chi connectivity index (χ4n) is 12.2. The molecule has 0 spiro atoms. The molecule has 0 bridgehead atoms. The Balaban J connectivity index is 0.655. The summed E-state index contributed by atoms with van der Waals surface area (Å²) in [5, 5.41) is 0. The number of aryl methyl sites for hydroxylation is 1. The molecule has 426 valence electrons. The first-order chi connectivity index (χ1) is 44.0. The van der Waals surface area contributed by atoms with Crippen molar-refractivity contribution in [3.05, 3.63) is 381 Å². The van der Waals surface area contributed by atoms with Gasteiger partial charge in [-0.2, -0.15) is 0 Å². The number of hydrogen-bond donors (Lipinski definition) is 0. The third-order valence-corrected chi connectivity index (χ3v) is 16.9. The Hall–Kier alpha value is -11.5. The van der Waals surface area contributed by atoms with Crippen LogP contribution in [0.25, 0.3) is 44.5 Å². The second kappa shape index (κ2) is 25.6. The Labute approximate surface area is 523 Å². The SMILES string of the molecule is Cc1ccc(N(C2=CCC(c3ccc(N(c4ccccc4)c4ccc(-c5ccc(-c6ccc(N(c7ccccc7)c7ccc(-c8ccc(N(c9ccccc9)c9ccc(-c%10ccccc%10)cc9)cc8)cc7)cc6)cc5)cc4)cc3)C=C2)c2ccccc2)cc1. The van der Waals surface area contributed by atoms with Crippen LogP contribution in [0.1, 0.15) is 23.5 Å². The van der Waals surface area contributed by atoms with Gasteiger partial charge in [0, 0.05) is 74.2 Å². The van der Waals surface area contributed by atoms with Crippen LogP contribution in [0.2, 0.25) is 0 Å². The van der Waals surface area contributed by atoms with Gasteiger partial charge in [-0.25, -0.2) is 0 Å². The minimum Gasteiger partial charge on any atom is -0.311 e. The summed E-state index contributed by atoms with van der Waals surface area (Å²) in [5.41, 5.74) is 25.4. The molecule has 13 aromatic carbocycles. The molecule has 0 N–H and O–H groups in total. The standard InChI is InChI=1S/C85H66N4/c1-63-27-47-78(48-28-63)86(74-19-9-3-10-20-74)79-55-39-70(40-56-79)71-43-59-84(60-44-71)88(76-23-13-5-14-24-76)81-51-35-68(36-52-81)65-29-31-66(32-30-65)69-37-53-82(54-38-69)89(77-25-15-6-16-26-77)85-61-45-73(46-62-85)72-41-57-83(58-42-72)87(75-21-11-4-12-22-75)80-49-33-67(34-50-80)64-17-7-2-8-18-64/h2-39,41-62,70H,40H2,1H3. The summed E-state index contributed by atoms with van der Waals surface area (Å²) in [6, 6.07) is 124. The molecule has 13 aromatic rings. The largest absolute Gasteiger partial charge is 0.311 e. The maximum Gasteiger partial charge on any atom is 0.0462 e. The Morgan fingerprint density at radius 1 is 0.225 bits per heavy atom. The number of rotatable bonds is 17. The number of anilines is 11. The highest BCUT2D eigenvalue weighted by Crippen LogP contribution is 2.42.